The molecule has 1 N–H and O–H groups in total. The molecule has 1 aliphatic rings. The highest BCUT2D eigenvalue weighted by atomic mass is 32.2. The van der Waals surface area contributed by atoms with Gasteiger partial charge in [-0.05, 0) is 56.7 Å². The Labute approximate surface area is 204 Å². The summed E-state index contributed by atoms with van der Waals surface area (Å²) in [6.07, 6.45) is -0.235. The fourth-order valence-electron chi connectivity index (χ4n) is 3.80. The zero-order chi connectivity index (χ0) is 24.2. The van der Waals surface area contributed by atoms with E-state index in [0.29, 0.717) is 29.0 Å². The summed E-state index contributed by atoms with van der Waals surface area (Å²) in [7, 11) is 0. The maximum absolute atomic E-state index is 13.2. The highest BCUT2D eigenvalue weighted by Gasteiger charge is 2.35. The Morgan fingerprint density at radius 3 is 2.65 bits per heavy atom. The molecular formula is C26H30N4O3S. The summed E-state index contributed by atoms with van der Waals surface area (Å²) in [5.41, 5.74) is 4.39. The summed E-state index contributed by atoms with van der Waals surface area (Å²) in [5, 5.41) is 8.59. The van der Waals surface area contributed by atoms with E-state index >= 15 is 0 Å². The van der Waals surface area contributed by atoms with E-state index in [2.05, 4.69) is 48.4 Å². The molecule has 7 nitrogen and oxygen atoms in total. The third-order valence-corrected chi connectivity index (χ3v) is 6.09. The zero-order valence-corrected chi connectivity index (χ0v) is 21.0. The zero-order valence-electron chi connectivity index (χ0n) is 20.2. The Hall–Kier alpha value is -3.26. The topological polar surface area (TPSA) is 78.3 Å². The van der Waals surface area contributed by atoms with Gasteiger partial charge in [-0.25, -0.2) is 9.48 Å². The minimum absolute atomic E-state index is 0.235. The summed E-state index contributed by atoms with van der Waals surface area (Å²) in [5.74, 6) is 1.80. The van der Waals surface area contributed by atoms with Crippen molar-refractivity contribution in [3.05, 3.63) is 76.5 Å². The number of benzene rings is 2. The van der Waals surface area contributed by atoms with Crippen LogP contribution in [0.1, 0.15) is 50.4 Å². The number of hydrogen-bond donors (Lipinski definition) is 1. The highest BCUT2D eigenvalue weighted by molar-refractivity contribution is 7.99. The normalized spacial score (nSPS) is 15.2. The van der Waals surface area contributed by atoms with E-state index in [1.54, 1.807) is 16.4 Å². The molecule has 1 atom stereocenters. The number of nitrogens with zero attached hydrogens (tertiary/aromatic N) is 3. The van der Waals surface area contributed by atoms with Crippen LogP contribution in [0.4, 0.5) is 5.95 Å². The lowest BCUT2D eigenvalue weighted by Crippen LogP contribution is -2.30. The van der Waals surface area contributed by atoms with Gasteiger partial charge < -0.3 is 14.8 Å². The fraction of sp³-hybridized carbons (Fsp3) is 0.346. The van der Waals surface area contributed by atoms with E-state index in [0.717, 1.165) is 22.6 Å². The number of hydrogen-bond acceptors (Lipinski definition) is 7. The average Bonchev–Trinajstić information content (AvgIpc) is 3.19. The summed E-state index contributed by atoms with van der Waals surface area (Å²) in [4.78, 5) is 17.8. The van der Waals surface area contributed by atoms with Gasteiger partial charge in [0.2, 0.25) is 11.1 Å². The van der Waals surface area contributed by atoms with Gasteiger partial charge in [0.05, 0.1) is 11.7 Å². The molecule has 0 amide bonds. The molecule has 34 heavy (non-hydrogen) atoms. The number of fused-ring (bicyclic) bond motifs is 1. The van der Waals surface area contributed by atoms with Crippen molar-refractivity contribution in [2.75, 3.05) is 11.1 Å². The van der Waals surface area contributed by atoms with E-state index in [1.165, 1.54) is 5.56 Å². The molecule has 0 saturated carbocycles. The van der Waals surface area contributed by atoms with Gasteiger partial charge >= 0.3 is 5.97 Å². The van der Waals surface area contributed by atoms with E-state index in [9.17, 15) is 4.79 Å². The molecule has 178 valence electrons. The van der Waals surface area contributed by atoms with E-state index < -0.39 is 6.04 Å². The summed E-state index contributed by atoms with van der Waals surface area (Å²) >= 11 is 1.55. The Balaban J connectivity index is 1.69. The molecule has 0 radical (unpaired) electrons. The summed E-state index contributed by atoms with van der Waals surface area (Å²) < 4.78 is 13.4. The first-order valence-corrected chi connectivity index (χ1v) is 12.4. The van der Waals surface area contributed by atoms with Gasteiger partial charge in [-0.2, -0.15) is 4.98 Å². The van der Waals surface area contributed by atoms with Crippen LogP contribution in [0.15, 0.2) is 65.0 Å². The number of anilines is 1. The van der Waals surface area contributed by atoms with Crippen LogP contribution in [0.3, 0.4) is 0 Å². The molecule has 4 rings (SSSR count). The molecule has 0 fully saturated rings. The van der Waals surface area contributed by atoms with Crippen LogP contribution in [0, 0.1) is 6.92 Å². The maximum atomic E-state index is 13.2. The quantitative estimate of drug-likeness (QED) is 0.337. The summed E-state index contributed by atoms with van der Waals surface area (Å²) in [6.45, 7) is 10.1. The van der Waals surface area contributed by atoms with Crippen LogP contribution < -0.4 is 10.1 Å². The van der Waals surface area contributed by atoms with Crippen LogP contribution in [0.25, 0.3) is 0 Å². The number of aromatic nitrogens is 3. The third kappa shape index (κ3) is 5.28. The van der Waals surface area contributed by atoms with Gasteiger partial charge in [0.1, 0.15) is 18.4 Å². The molecule has 1 unspecified atom stereocenters. The van der Waals surface area contributed by atoms with Crippen LogP contribution in [0.5, 0.6) is 5.75 Å². The van der Waals surface area contributed by atoms with Crippen LogP contribution in [-0.4, -0.2) is 32.6 Å². The van der Waals surface area contributed by atoms with Crippen molar-refractivity contribution in [2.24, 2.45) is 0 Å². The number of aryl methyl sites for hydroxylation is 1. The van der Waals surface area contributed by atoms with Crippen molar-refractivity contribution in [3.63, 3.8) is 0 Å². The van der Waals surface area contributed by atoms with Gasteiger partial charge in [-0.3, -0.25) is 0 Å². The van der Waals surface area contributed by atoms with Crippen molar-refractivity contribution >= 4 is 23.7 Å². The monoisotopic (exact) mass is 478 g/mol. The Kier molecular flexibility index (Phi) is 7.26. The number of ether oxygens (including phenoxy) is 2. The highest BCUT2D eigenvalue weighted by Crippen LogP contribution is 2.37. The molecule has 0 aliphatic carbocycles. The number of carbonyl (C=O) groups is 1. The van der Waals surface area contributed by atoms with Crippen molar-refractivity contribution in [1.82, 2.24) is 14.8 Å². The SMILES string of the molecule is CCSc1nc2n(n1)C(c1cccc(OCc3ccc(C)cc3)c1)C(C(=O)OC(C)C)=C(C)N2. The number of thioether (sulfide) groups is 1. The second-order valence-corrected chi connectivity index (χ2v) is 9.69. The minimum Gasteiger partial charge on any atom is -0.489 e. The molecule has 1 aromatic heterocycles. The van der Waals surface area contributed by atoms with Crippen molar-refractivity contribution in [1.29, 1.82) is 0 Å². The third-order valence-electron chi connectivity index (χ3n) is 5.37. The lowest BCUT2D eigenvalue weighted by Gasteiger charge is -2.28. The van der Waals surface area contributed by atoms with Crippen LogP contribution in [-0.2, 0) is 16.1 Å². The van der Waals surface area contributed by atoms with Crippen LogP contribution in [0.2, 0.25) is 0 Å². The first-order chi connectivity index (χ1) is 16.4. The molecule has 0 bridgehead atoms. The Bertz CT molecular complexity index is 1200. The smallest absolute Gasteiger partial charge is 0.338 e. The Morgan fingerprint density at radius 2 is 1.94 bits per heavy atom. The number of esters is 1. The van der Waals surface area contributed by atoms with E-state index in [1.807, 2.05) is 45.0 Å². The largest absolute Gasteiger partial charge is 0.489 e. The Morgan fingerprint density at radius 1 is 1.18 bits per heavy atom. The first kappa shape index (κ1) is 23.9. The first-order valence-electron chi connectivity index (χ1n) is 11.4. The van der Waals surface area contributed by atoms with Gasteiger partial charge in [-0.1, -0.05) is 60.6 Å². The molecular weight excluding hydrogens is 448 g/mol. The minimum atomic E-state index is -0.482. The van der Waals surface area contributed by atoms with Gasteiger partial charge in [0, 0.05) is 5.70 Å². The molecule has 2 heterocycles. The molecule has 8 heteroatoms. The fourth-order valence-corrected chi connectivity index (χ4v) is 4.35. The molecule has 0 spiro atoms. The lowest BCUT2D eigenvalue weighted by atomic mass is 9.95. The molecule has 1 aliphatic heterocycles. The van der Waals surface area contributed by atoms with Crippen molar-refractivity contribution in [3.8, 4) is 5.75 Å². The number of carbonyl (C=O) groups excluding carboxylic acids is 1. The maximum Gasteiger partial charge on any atom is 0.338 e. The van der Waals surface area contributed by atoms with E-state index in [4.69, 9.17) is 14.6 Å². The molecule has 3 aromatic rings. The van der Waals surface area contributed by atoms with E-state index in [-0.39, 0.29) is 12.1 Å². The van der Waals surface area contributed by atoms with Crippen molar-refractivity contribution < 1.29 is 14.3 Å². The average molecular weight is 479 g/mol. The molecule has 2 aromatic carbocycles. The number of rotatable bonds is 8. The number of allylic oxidation sites excluding steroid dienone is 1. The van der Waals surface area contributed by atoms with Gasteiger partial charge in [0.15, 0.2) is 0 Å². The summed E-state index contributed by atoms with van der Waals surface area (Å²) in [6, 6.07) is 15.6. The number of nitrogens with one attached hydrogen (secondary N) is 1. The second-order valence-electron chi connectivity index (χ2n) is 8.46. The standard InChI is InChI=1S/C26H30N4O3S/c1-6-34-26-28-25-27-18(5)22(24(31)33-16(2)3)23(30(25)29-26)20-8-7-9-21(14-20)32-15-19-12-10-17(4)11-13-19/h7-14,16,23H,6,15H2,1-5H3,(H,27,28,29). The van der Waals surface area contributed by atoms with Gasteiger partial charge in [-0.15, -0.1) is 5.10 Å². The predicted octanol–water partition coefficient (Wildman–Crippen LogP) is 5.52. The lowest BCUT2D eigenvalue weighted by molar-refractivity contribution is -0.143. The van der Waals surface area contributed by atoms with Crippen molar-refractivity contribution in [2.45, 2.75) is 58.5 Å². The second kappa shape index (κ2) is 10.3. The molecule has 0 saturated heterocycles. The van der Waals surface area contributed by atoms with Crippen LogP contribution >= 0.6 is 11.8 Å². The predicted molar refractivity (Wildman–Crippen MR) is 134 cm³/mol. The van der Waals surface area contributed by atoms with Gasteiger partial charge in [0.25, 0.3) is 0 Å².